The maximum Gasteiger partial charge on any atom is 0.238 e. The van der Waals surface area contributed by atoms with Gasteiger partial charge in [0.15, 0.2) is 5.58 Å². The standard InChI is InChI=1S/C17H19N3O3S/c1-2-14(12-6-5-7-13(10-12)24(18,21)22)19-11-17-20-15-8-3-4-9-16(15)23-17/h3-10,14,19H,2,11H2,1H3,(H2,18,21,22). The number of rotatable bonds is 6. The van der Waals surface area contributed by atoms with Crippen molar-refractivity contribution in [3.05, 3.63) is 60.0 Å². The Labute approximate surface area is 140 Å². The van der Waals surface area contributed by atoms with E-state index < -0.39 is 10.0 Å². The second-order valence-electron chi connectivity index (χ2n) is 5.53. The first-order valence-electron chi connectivity index (χ1n) is 7.68. The van der Waals surface area contributed by atoms with E-state index in [0.717, 1.165) is 23.1 Å². The van der Waals surface area contributed by atoms with Crippen molar-refractivity contribution in [3.8, 4) is 0 Å². The van der Waals surface area contributed by atoms with E-state index in [1.54, 1.807) is 12.1 Å². The average Bonchev–Trinajstić information content (AvgIpc) is 2.98. The smallest absolute Gasteiger partial charge is 0.238 e. The number of nitrogens with zero attached hydrogens (tertiary/aromatic N) is 1. The molecule has 0 radical (unpaired) electrons. The largest absolute Gasteiger partial charge is 0.439 e. The highest BCUT2D eigenvalue weighted by atomic mass is 32.2. The summed E-state index contributed by atoms with van der Waals surface area (Å²) < 4.78 is 28.7. The molecule has 0 bridgehead atoms. The molecule has 1 unspecified atom stereocenters. The van der Waals surface area contributed by atoms with Gasteiger partial charge < -0.3 is 9.73 Å². The molecule has 126 valence electrons. The zero-order chi connectivity index (χ0) is 17.2. The summed E-state index contributed by atoms with van der Waals surface area (Å²) in [7, 11) is -3.71. The number of oxazole rings is 1. The number of sulfonamides is 1. The Morgan fingerprint density at radius 3 is 2.71 bits per heavy atom. The lowest BCUT2D eigenvalue weighted by molar-refractivity contribution is 0.447. The van der Waals surface area contributed by atoms with Crippen molar-refractivity contribution < 1.29 is 12.8 Å². The minimum Gasteiger partial charge on any atom is -0.439 e. The summed E-state index contributed by atoms with van der Waals surface area (Å²) in [6.07, 6.45) is 0.786. The zero-order valence-electron chi connectivity index (χ0n) is 13.3. The summed E-state index contributed by atoms with van der Waals surface area (Å²) in [6, 6.07) is 14.2. The van der Waals surface area contributed by atoms with E-state index in [4.69, 9.17) is 9.56 Å². The van der Waals surface area contributed by atoms with Gasteiger partial charge in [0.05, 0.1) is 11.4 Å². The Hall–Kier alpha value is -2.22. The lowest BCUT2D eigenvalue weighted by atomic mass is 10.0. The van der Waals surface area contributed by atoms with Crippen LogP contribution in [0.25, 0.3) is 11.1 Å². The van der Waals surface area contributed by atoms with Crippen LogP contribution in [0.4, 0.5) is 0 Å². The number of nitrogens with two attached hydrogens (primary N) is 1. The van der Waals surface area contributed by atoms with Crippen LogP contribution in [0.2, 0.25) is 0 Å². The van der Waals surface area contributed by atoms with Crippen LogP contribution in [0.15, 0.2) is 57.8 Å². The molecule has 0 aliphatic heterocycles. The van der Waals surface area contributed by atoms with Gasteiger partial charge >= 0.3 is 0 Å². The number of nitrogens with one attached hydrogen (secondary N) is 1. The Balaban J connectivity index is 1.77. The van der Waals surface area contributed by atoms with Gasteiger partial charge in [-0.3, -0.25) is 0 Å². The first-order chi connectivity index (χ1) is 11.5. The van der Waals surface area contributed by atoms with E-state index in [1.165, 1.54) is 6.07 Å². The summed E-state index contributed by atoms with van der Waals surface area (Å²) in [5.41, 5.74) is 2.43. The van der Waals surface area contributed by atoms with Gasteiger partial charge in [0.2, 0.25) is 15.9 Å². The lowest BCUT2D eigenvalue weighted by Crippen LogP contribution is -2.21. The van der Waals surface area contributed by atoms with Gasteiger partial charge in [-0.15, -0.1) is 0 Å². The first kappa shape index (κ1) is 16.6. The van der Waals surface area contributed by atoms with Crippen LogP contribution >= 0.6 is 0 Å². The molecule has 6 nitrogen and oxygen atoms in total. The fraction of sp³-hybridized carbons (Fsp3) is 0.235. The van der Waals surface area contributed by atoms with Crippen molar-refractivity contribution in [1.29, 1.82) is 0 Å². The molecule has 24 heavy (non-hydrogen) atoms. The molecule has 1 atom stereocenters. The summed E-state index contributed by atoms with van der Waals surface area (Å²) in [5.74, 6) is 0.595. The minimum atomic E-state index is -3.71. The fourth-order valence-corrected chi connectivity index (χ4v) is 3.18. The molecule has 1 aromatic heterocycles. The highest BCUT2D eigenvalue weighted by Crippen LogP contribution is 2.21. The van der Waals surface area contributed by atoms with Crippen molar-refractivity contribution >= 4 is 21.1 Å². The quantitative estimate of drug-likeness (QED) is 0.716. The molecule has 3 N–H and O–H groups in total. The van der Waals surface area contributed by atoms with E-state index in [-0.39, 0.29) is 10.9 Å². The summed E-state index contributed by atoms with van der Waals surface area (Å²) in [5, 5.41) is 8.55. The Bertz CT molecular complexity index is 917. The van der Waals surface area contributed by atoms with Crippen molar-refractivity contribution in [1.82, 2.24) is 10.3 Å². The first-order valence-corrected chi connectivity index (χ1v) is 9.22. The summed E-state index contributed by atoms with van der Waals surface area (Å²) >= 11 is 0. The van der Waals surface area contributed by atoms with Crippen LogP contribution in [0.3, 0.4) is 0 Å². The Morgan fingerprint density at radius 1 is 1.21 bits per heavy atom. The SMILES string of the molecule is CCC(NCc1nc2ccccc2o1)c1cccc(S(N)(=O)=O)c1. The van der Waals surface area contributed by atoms with E-state index in [1.807, 2.05) is 37.3 Å². The zero-order valence-corrected chi connectivity index (χ0v) is 14.1. The summed E-state index contributed by atoms with van der Waals surface area (Å²) in [6.45, 7) is 2.47. The van der Waals surface area contributed by atoms with Crippen LogP contribution in [0.1, 0.15) is 30.8 Å². The minimum absolute atomic E-state index is 0.0262. The summed E-state index contributed by atoms with van der Waals surface area (Å²) in [4.78, 5) is 4.54. The average molecular weight is 345 g/mol. The number of fused-ring (bicyclic) bond motifs is 1. The molecule has 3 rings (SSSR count). The molecule has 1 heterocycles. The van der Waals surface area contributed by atoms with Gasteiger partial charge in [0.1, 0.15) is 5.52 Å². The Morgan fingerprint density at radius 2 is 2.00 bits per heavy atom. The fourth-order valence-electron chi connectivity index (χ4n) is 2.61. The Kier molecular flexibility index (Phi) is 4.66. The maximum atomic E-state index is 11.5. The number of hydrogen-bond donors (Lipinski definition) is 2. The lowest BCUT2D eigenvalue weighted by Gasteiger charge is -2.17. The molecule has 0 amide bonds. The number of hydrogen-bond acceptors (Lipinski definition) is 5. The second kappa shape index (κ2) is 6.72. The van der Waals surface area contributed by atoms with Crippen LogP contribution in [-0.2, 0) is 16.6 Å². The third-order valence-corrected chi connectivity index (χ3v) is 4.75. The van der Waals surface area contributed by atoms with Crippen LogP contribution in [-0.4, -0.2) is 13.4 Å². The number of primary sulfonamides is 1. The topological polar surface area (TPSA) is 98.2 Å². The van der Waals surface area contributed by atoms with E-state index in [2.05, 4.69) is 10.3 Å². The molecule has 2 aromatic carbocycles. The van der Waals surface area contributed by atoms with Gasteiger partial charge in [0.25, 0.3) is 0 Å². The molecule has 0 spiro atoms. The predicted molar refractivity (Wildman–Crippen MR) is 91.7 cm³/mol. The van der Waals surface area contributed by atoms with E-state index in [0.29, 0.717) is 12.4 Å². The van der Waals surface area contributed by atoms with Crippen molar-refractivity contribution in [2.75, 3.05) is 0 Å². The van der Waals surface area contributed by atoms with Gasteiger partial charge in [-0.1, -0.05) is 31.2 Å². The van der Waals surface area contributed by atoms with E-state index in [9.17, 15) is 8.42 Å². The van der Waals surface area contributed by atoms with Crippen molar-refractivity contribution in [2.45, 2.75) is 30.8 Å². The molecular weight excluding hydrogens is 326 g/mol. The third-order valence-electron chi connectivity index (χ3n) is 3.84. The molecule has 0 aliphatic rings. The normalized spacial score (nSPS) is 13.2. The van der Waals surface area contributed by atoms with Crippen molar-refractivity contribution in [3.63, 3.8) is 0 Å². The van der Waals surface area contributed by atoms with E-state index >= 15 is 0 Å². The molecule has 0 fully saturated rings. The van der Waals surface area contributed by atoms with Gasteiger partial charge in [-0.05, 0) is 36.2 Å². The number of benzene rings is 2. The van der Waals surface area contributed by atoms with Crippen LogP contribution in [0.5, 0.6) is 0 Å². The van der Waals surface area contributed by atoms with Crippen LogP contribution in [0, 0.1) is 0 Å². The number of para-hydroxylation sites is 2. The molecule has 7 heteroatoms. The highest BCUT2D eigenvalue weighted by Gasteiger charge is 2.14. The maximum absolute atomic E-state index is 11.5. The van der Waals surface area contributed by atoms with Gasteiger partial charge in [-0.2, -0.15) is 0 Å². The monoisotopic (exact) mass is 345 g/mol. The third kappa shape index (κ3) is 3.64. The van der Waals surface area contributed by atoms with Gasteiger partial charge in [0, 0.05) is 6.04 Å². The predicted octanol–water partition coefficient (Wildman–Crippen LogP) is 2.72. The molecule has 0 saturated carbocycles. The molecule has 0 saturated heterocycles. The number of aromatic nitrogens is 1. The van der Waals surface area contributed by atoms with Gasteiger partial charge in [-0.25, -0.2) is 18.5 Å². The molecular formula is C17H19N3O3S. The highest BCUT2D eigenvalue weighted by molar-refractivity contribution is 7.89. The van der Waals surface area contributed by atoms with Crippen molar-refractivity contribution in [2.24, 2.45) is 5.14 Å². The molecule has 3 aromatic rings. The van der Waals surface area contributed by atoms with Crippen LogP contribution < -0.4 is 10.5 Å². The molecule has 0 aliphatic carbocycles. The second-order valence-corrected chi connectivity index (χ2v) is 7.10.